The van der Waals surface area contributed by atoms with Gasteiger partial charge in [-0.3, -0.25) is 0 Å². The molecular weight excluding hydrogens is 326 g/mol. The van der Waals surface area contributed by atoms with Crippen LogP contribution in [0.25, 0.3) is 0 Å². The molecule has 0 aliphatic carbocycles. The van der Waals surface area contributed by atoms with Crippen LogP contribution in [0.4, 0.5) is 8.78 Å². The summed E-state index contributed by atoms with van der Waals surface area (Å²) in [6.07, 6.45) is 0.807. The van der Waals surface area contributed by atoms with E-state index < -0.39 is 17.7 Å². The van der Waals surface area contributed by atoms with Crippen LogP contribution in [0, 0.1) is 11.6 Å². The maximum atomic E-state index is 13.0. The third kappa shape index (κ3) is 5.42. The lowest BCUT2D eigenvalue weighted by Crippen LogP contribution is -2.33. The molecule has 2 atom stereocenters. The van der Waals surface area contributed by atoms with Gasteiger partial charge < -0.3 is 15.2 Å². The van der Waals surface area contributed by atoms with Crippen LogP contribution in [-0.2, 0) is 0 Å². The average molecular weight is 343 g/mol. The number of nitrogens with zero attached hydrogens (tertiary/aromatic N) is 1. The molecule has 0 amide bonds. The predicted molar refractivity (Wildman–Crippen MR) is 83.5 cm³/mol. The smallest absolute Gasteiger partial charge is 0.162 e. The van der Waals surface area contributed by atoms with Gasteiger partial charge in [-0.25, -0.2) is 13.8 Å². The van der Waals surface area contributed by atoms with Crippen LogP contribution in [0.1, 0.15) is 18.5 Å². The van der Waals surface area contributed by atoms with E-state index in [2.05, 4.69) is 10.3 Å². The molecule has 23 heavy (non-hydrogen) atoms. The molecule has 2 unspecified atom stereocenters. The number of aliphatic hydroxyl groups excluding tert-OH is 1. The Hall–Kier alpha value is -1.76. The summed E-state index contributed by atoms with van der Waals surface area (Å²) in [5.74, 6) is -1.76. The second-order valence-corrected chi connectivity index (χ2v) is 5.47. The van der Waals surface area contributed by atoms with Gasteiger partial charge in [-0.1, -0.05) is 11.6 Å². The first-order valence-electron chi connectivity index (χ1n) is 7.06. The molecule has 0 spiro atoms. The molecule has 2 aromatic rings. The van der Waals surface area contributed by atoms with Gasteiger partial charge in [0.05, 0.1) is 0 Å². The van der Waals surface area contributed by atoms with Crippen molar-refractivity contribution in [1.82, 2.24) is 10.3 Å². The fraction of sp³-hybridized carbons (Fsp3) is 0.312. The molecule has 2 rings (SSSR count). The first kappa shape index (κ1) is 17.6. The van der Waals surface area contributed by atoms with E-state index in [1.165, 1.54) is 6.07 Å². The van der Waals surface area contributed by atoms with Gasteiger partial charge in [-0.05, 0) is 36.8 Å². The third-order valence-corrected chi connectivity index (χ3v) is 3.45. The summed E-state index contributed by atoms with van der Waals surface area (Å²) in [6.45, 7) is 2.15. The van der Waals surface area contributed by atoms with Gasteiger partial charge in [0.2, 0.25) is 0 Å². The minimum Gasteiger partial charge on any atom is -0.491 e. The number of hydrogen-bond acceptors (Lipinski definition) is 4. The average Bonchev–Trinajstić information content (AvgIpc) is 2.53. The molecule has 0 bridgehead atoms. The monoisotopic (exact) mass is 342 g/mol. The van der Waals surface area contributed by atoms with Crippen molar-refractivity contribution < 1.29 is 18.6 Å². The van der Waals surface area contributed by atoms with Gasteiger partial charge >= 0.3 is 0 Å². The molecule has 0 radical (unpaired) electrons. The summed E-state index contributed by atoms with van der Waals surface area (Å²) in [4.78, 5) is 3.90. The number of hydrogen-bond donors (Lipinski definition) is 2. The Balaban J connectivity index is 1.78. The zero-order valence-corrected chi connectivity index (χ0v) is 13.2. The Morgan fingerprint density at radius 2 is 2.04 bits per heavy atom. The number of pyridine rings is 1. The van der Waals surface area contributed by atoms with E-state index in [1.54, 1.807) is 12.3 Å². The summed E-state index contributed by atoms with van der Waals surface area (Å²) in [5.41, 5.74) is 0.943. The molecular formula is C16H17ClF2N2O2. The van der Waals surface area contributed by atoms with Crippen LogP contribution in [0.15, 0.2) is 36.5 Å². The quantitative estimate of drug-likeness (QED) is 0.759. The molecule has 0 fully saturated rings. The van der Waals surface area contributed by atoms with Crippen molar-refractivity contribution in [3.05, 3.63) is 58.9 Å². The van der Waals surface area contributed by atoms with E-state index in [9.17, 15) is 13.9 Å². The van der Waals surface area contributed by atoms with Crippen molar-refractivity contribution in [3.8, 4) is 5.75 Å². The molecule has 0 saturated carbocycles. The predicted octanol–water partition coefficient (Wildman–Crippen LogP) is 3.10. The highest BCUT2D eigenvalue weighted by Gasteiger charge is 2.11. The summed E-state index contributed by atoms with van der Waals surface area (Å²) in [5, 5.41) is 13.4. The molecule has 7 heteroatoms. The Kier molecular flexibility index (Phi) is 6.27. The number of ether oxygens (including phenoxy) is 1. The highest BCUT2D eigenvalue weighted by molar-refractivity contribution is 6.29. The van der Waals surface area contributed by atoms with E-state index in [-0.39, 0.29) is 24.9 Å². The number of rotatable bonds is 7. The molecule has 4 nitrogen and oxygen atoms in total. The highest BCUT2D eigenvalue weighted by atomic mass is 35.5. The standard InChI is InChI=1S/C16H17ClF2N2O2/c1-10(11-4-5-20-16(17)6-11)21-8-12(22)9-23-13-2-3-14(18)15(19)7-13/h2-7,10,12,21-22H,8-9H2,1H3. The summed E-state index contributed by atoms with van der Waals surface area (Å²) < 4.78 is 31.1. The van der Waals surface area contributed by atoms with Crippen LogP contribution in [-0.4, -0.2) is 29.3 Å². The maximum absolute atomic E-state index is 13.0. The fourth-order valence-electron chi connectivity index (χ4n) is 1.94. The number of aromatic nitrogens is 1. The Labute approximate surface area is 138 Å². The van der Waals surface area contributed by atoms with E-state index >= 15 is 0 Å². The SMILES string of the molecule is CC(NCC(O)COc1ccc(F)c(F)c1)c1ccnc(Cl)c1. The zero-order valence-electron chi connectivity index (χ0n) is 12.5. The van der Waals surface area contributed by atoms with E-state index in [0.717, 1.165) is 17.7 Å². The highest BCUT2D eigenvalue weighted by Crippen LogP contribution is 2.16. The van der Waals surface area contributed by atoms with E-state index in [1.807, 2.05) is 13.0 Å². The Bertz CT molecular complexity index is 658. The van der Waals surface area contributed by atoms with E-state index in [0.29, 0.717) is 5.15 Å². The molecule has 124 valence electrons. The molecule has 0 saturated heterocycles. The second kappa shape index (κ2) is 8.19. The van der Waals surface area contributed by atoms with Crippen LogP contribution >= 0.6 is 11.6 Å². The fourth-order valence-corrected chi connectivity index (χ4v) is 2.12. The zero-order chi connectivity index (χ0) is 16.8. The van der Waals surface area contributed by atoms with Crippen molar-refractivity contribution in [2.24, 2.45) is 0 Å². The summed E-state index contributed by atoms with van der Waals surface area (Å²) in [6, 6.07) is 6.76. The lowest BCUT2D eigenvalue weighted by Gasteiger charge is -2.18. The Morgan fingerprint density at radius 3 is 2.74 bits per heavy atom. The van der Waals surface area contributed by atoms with Gasteiger partial charge in [-0.2, -0.15) is 0 Å². The van der Waals surface area contributed by atoms with Crippen molar-refractivity contribution in [3.63, 3.8) is 0 Å². The van der Waals surface area contributed by atoms with Crippen molar-refractivity contribution in [1.29, 1.82) is 0 Å². The molecule has 2 N–H and O–H groups in total. The number of nitrogens with one attached hydrogen (secondary N) is 1. The van der Waals surface area contributed by atoms with Gasteiger partial charge in [-0.15, -0.1) is 0 Å². The second-order valence-electron chi connectivity index (χ2n) is 5.08. The van der Waals surface area contributed by atoms with Crippen LogP contribution in [0.5, 0.6) is 5.75 Å². The molecule has 0 aliphatic rings. The largest absolute Gasteiger partial charge is 0.491 e. The minimum absolute atomic E-state index is 0.0339. The third-order valence-electron chi connectivity index (χ3n) is 3.24. The van der Waals surface area contributed by atoms with Crippen molar-refractivity contribution in [2.75, 3.05) is 13.2 Å². The molecule has 1 heterocycles. The van der Waals surface area contributed by atoms with Gasteiger partial charge in [0.25, 0.3) is 0 Å². The van der Waals surface area contributed by atoms with Crippen LogP contribution in [0.2, 0.25) is 5.15 Å². The first-order valence-corrected chi connectivity index (χ1v) is 7.44. The lowest BCUT2D eigenvalue weighted by atomic mass is 10.1. The van der Waals surface area contributed by atoms with Gasteiger partial charge in [0.1, 0.15) is 23.6 Å². The van der Waals surface area contributed by atoms with Crippen molar-refractivity contribution >= 4 is 11.6 Å². The van der Waals surface area contributed by atoms with Crippen molar-refractivity contribution in [2.45, 2.75) is 19.1 Å². The first-order chi connectivity index (χ1) is 11.0. The number of halogens is 3. The number of aliphatic hydroxyl groups is 1. The molecule has 1 aromatic carbocycles. The lowest BCUT2D eigenvalue weighted by molar-refractivity contribution is 0.104. The molecule has 0 aliphatic heterocycles. The number of benzene rings is 1. The van der Waals surface area contributed by atoms with Gasteiger partial charge in [0, 0.05) is 24.8 Å². The topological polar surface area (TPSA) is 54.4 Å². The minimum atomic E-state index is -0.988. The maximum Gasteiger partial charge on any atom is 0.162 e. The van der Waals surface area contributed by atoms with Crippen LogP contribution < -0.4 is 10.1 Å². The normalized spacial score (nSPS) is 13.6. The summed E-state index contributed by atoms with van der Waals surface area (Å²) >= 11 is 5.83. The summed E-state index contributed by atoms with van der Waals surface area (Å²) in [7, 11) is 0. The Morgan fingerprint density at radius 1 is 1.26 bits per heavy atom. The van der Waals surface area contributed by atoms with E-state index in [4.69, 9.17) is 16.3 Å². The van der Waals surface area contributed by atoms with Crippen LogP contribution in [0.3, 0.4) is 0 Å². The van der Waals surface area contributed by atoms with Gasteiger partial charge in [0.15, 0.2) is 11.6 Å². The molecule has 1 aromatic heterocycles.